The van der Waals surface area contributed by atoms with Crippen LogP contribution in [0.15, 0.2) is 0 Å². The molecule has 0 bridgehead atoms. The summed E-state index contributed by atoms with van der Waals surface area (Å²) in [6.07, 6.45) is 1.01. The predicted octanol–water partition coefficient (Wildman–Crippen LogP) is 1.47. The van der Waals surface area contributed by atoms with Gasteiger partial charge in [0, 0.05) is 19.8 Å². The Labute approximate surface area is 70.6 Å². The molecule has 0 N–H and O–H groups in total. The molecule has 0 aliphatic rings. The average Bonchev–Trinajstić information content (AvgIpc) is 2.01. The van der Waals surface area contributed by atoms with Gasteiger partial charge in [-0.25, -0.2) is 0 Å². The highest BCUT2D eigenvalue weighted by Crippen LogP contribution is 1.93. The number of hydrogen-bond donors (Lipinski definition) is 0. The molecule has 0 amide bonds. The van der Waals surface area contributed by atoms with E-state index in [2.05, 4.69) is 6.92 Å². The first-order valence-electron chi connectivity index (χ1n) is 4.10. The fourth-order valence-electron chi connectivity index (χ4n) is 0.546. The van der Waals surface area contributed by atoms with Crippen LogP contribution in [0.5, 0.6) is 0 Å². The maximum atomic E-state index is 5.33. The largest absolute Gasteiger partial charge is 0.577 e. The standard InChI is InChI=1S/C7H17O3Si/c1-4-7-10-11(8-5-2)9-6-3/h4-7H2,1-3H3. The topological polar surface area (TPSA) is 27.7 Å². The zero-order valence-corrected chi connectivity index (χ0v) is 8.55. The summed E-state index contributed by atoms with van der Waals surface area (Å²) < 4.78 is 15.8. The molecular weight excluding hydrogens is 160 g/mol. The fraction of sp³-hybridized carbons (Fsp3) is 1.00. The van der Waals surface area contributed by atoms with Crippen LogP contribution in [0.3, 0.4) is 0 Å². The molecule has 0 aromatic heterocycles. The van der Waals surface area contributed by atoms with Crippen LogP contribution in [0.4, 0.5) is 0 Å². The van der Waals surface area contributed by atoms with E-state index in [9.17, 15) is 0 Å². The highest BCUT2D eigenvalue weighted by atomic mass is 28.3. The van der Waals surface area contributed by atoms with Crippen molar-refractivity contribution in [3.8, 4) is 0 Å². The molecule has 0 unspecified atom stereocenters. The zero-order chi connectivity index (χ0) is 8.53. The van der Waals surface area contributed by atoms with Gasteiger partial charge in [0.1, 0.15) is 0 Å². The molecule has 0 fully saturated rings. The molecule has 0 aliphatic carbocycles. The average molecular weight is 177 g/mol. The molecule has 0 spiro atoms. The van der Waals surface area contributed by atoms with Crippen LogP contribution in [0.1, 0.15) is 27.2 Å². The summed E-state index contributed by atoms with van der Waals surface area (Å²) in [5.41, 5.74) is 0. The van der Waals surface area contributed by atoms with Crippen LogP contribution in [-0.2, 0) is 13.3 Å². The molecule has 3 nitrogen and oxygen atoms in total. The Morgan fingerprint density at radius 3 is 1.82 bits per heavy atom. The van der Waals surface area contributed by atoms with Gasteiger partial charge in [-0.15, -0.1) is 0 Å². The van der Waals surface area contributed by atoms with Gasteiger partial charge >= 0.3 is 9.53 Å². The Morgan fingerprint density at radius 1 is 0.909 bits per heavy atom. The Hall–Kier alpha value is 0.0969. The monoisotopic (exact) mass is 177 g/mol. The van der Waals surface area contributed by atoms with Gasteiger partial charge in [-0.2, -0.15) is 0 Å². The van der Waals surface area contributed by atoms with Crippen molar-refractivity contribution in [3.63, 3.8) is 0 Å². The highest BCUT2D eigenvalue weighted by molar-refractivity contribution is 6.36. The van der Waals surface area contributed by atoms with E-state index in [1.807, 2.05) is 13.8 Å². The molecule has 0 atom stereocenters. The minimum Gasteiger partial charge on any atom is -0.371 e. The van der Waals surface area contributed by atoms with E-state index in [0.717, 1.165) is 13.0 Å². The van der Waals surface area contributed by atoms with Crippen molar-refractivity contribution in [2.75, 3.05) is 19.8 Å². The Kier molecular flexibility index (Phi) is 8.27. The lowest BCUT2D eigenvalue weighted by molar-refractivity contribution is 0.102. The Balaban J connectivity index is 3.34. The van der Waals surface area contributed by atoms with Gasteiger partial charge in [-0.05, 0) is 20.3 Å². The summed E-state index contributed by atoms with van der Waals surface area (Å²) in [4.78, 5) is 0. The third-order valence-corrected chi connectivity index (χ3v) is 2.44. The van der Waals surface area contributed by atoms with Gasteiger partial charge in [-0.1, -0.05) is 6.92 Å². The van der Waals surface area contributed by atoms with Crippen molar-refractivity contribution in [2.45, 2.75) is 27.2 Å². The molecule has 4 heteroatoms. The summed E-state index contributed by atoms with van der Waals surface area (Å²) in [5, 5.41) is 0. The minimum absolute atomic E-state index is 0.665. The van der Waals surface area contributed by atoms with E-state index >= 15 is 0 Å². The smallest absolute Gasteiger partial charge is 0.371 e. The number of rotatable bonds is 7. The fourth-order valence-corrected chi connectivity index (χ4v) is 1.64. The lowest BCUT2D eigenvalue weighted by atomic mass is 10.5. The molecule has 0 saturated carbocycles. The first-order chi connectivity index (χ1) is 5.35. The summed E-state index contributed by atoms with van der Waals surface area (Å²) in [6, 6.07) is 0. The van der Waals surface area contributed by atoms with E-state index in [-0.39, 0.29) is 0 Å². The highest BCUT2D eigenvalue weighted by Gasteiger charge is 2.16. The third kappa shape index (κ3) is 6.49. The van der Waals surface area contributed by atoms with E-state index < -0.39 is 9.53 Å². The van der Waals surface area contributed by atoms with E-state index in [4.69, 9.17) is 13.3 Å². The second-order valence-corrected chi connectivity index (χ2v) is 3.33. The second-order valence-electron chi connectivity index (χ2n) is 1.96. The molecule has 1 radical (unpaired) electrons. The summed E-state index contributed by atoms with van der Waals surface area (Å²) >= 11 is 0. The van der Waals surface area contributed by atoms with Crippen LogP contribution in [0.25, 0.3) is 0 Å². The van der Waals surface area contributed by atoms with Crippen molar-refractivity contribution in [1.29, 1.82) is 0 Å². The molecule has 0 aromatic rings. The zero-order valence-electron chi connectivity index (χ0n) is 7.55. The van der Waals surface area contributed by atoms with Gasteiger partial charge in [0.05, 0.1) is 0 Å². The Bertz CT molecular complexity index is 74.1. The molecule has 0 aromatic carbocycles. The van der Waals surface area contributed by atoms with Crippen LogP contribution in [0, 0.1) is 0 Å². The van der Waals surface area contributed by atoms with Crippen molar-refractivity contribution in [2.24, 2.45) is 0 Å². The van der Waals surface area contributed by atoms with Crippen molar-refractivity contribution in [1.82, 2.24) is 0 Å². The molecule has 11 heavy (non-hydrogen) atoms. The lowest BCUT2D eigenvalue weighted by Crippen LogP contribution is -2.27. The van der Waals surface area contributed by atoms with Gasteiger partial charge in [0.25, 0.3) is 0 Å². The van der Waals surface area contributed by atoms with E-state index in [1.165, 1.54) is 0 Å². The molecule has 0 heterocycles. The predicted molar refractivity (Wildman–Crippen MR) is 45.2 cm³/mol. The third-order valence-electron chi connectivity index (χ3n) is 0.948. The minimum atomic E-state index is -1.41. The van der Waals surface area contributed by atoms with Crippen LogP contribution in [0.2, 0.25) is 0 Å². The maximum absolute atomic E-state index is 5.33. The summed E-state index contributed by atoms with van der Waals surface area (Å²) in [7, 11) is -1.41. The molecular formula is C7H17O3Si. The molecule has 0 aliphatic heterocycles. The van der Waals surface area contributed by atoms with Crippen LogP contribution < -0.4 is 0 Å². The van der Waals surface area contributed by atoms with Crippen molar-refractivity contribution >= 4 is 9.53 Å². The summed E-state index contributed by atoms with van der Waals surface area (Å²) in [5.74, 6) is 0. The maximum Gasteiger partial charge on any atom is 0.577 e. The number of hydrogen-bond acceptors (Lipinski definition) is 3. The molecule has 67 valence electrons. The van der Waals surface area contributed by atoms with Crippen molar-refractivity contribution in [3.05, 3.63) is 0 Å². The van der Waals surface area contributed by atoms with Crippen LogP contribution >= 0.6 is 0 Å². The molecule has 0 saturated heterocycles. The van der Waals surface area contributed by atoms with Gasteiger partial charge < -0.3 is 13.3 Å². The Morgan fingerprint density at radius 2 is 1.45 bits per heavy atom. The normalized spacial score (nSPS) is 10.9. The first kappa shape index (κ1) is 11.1. The van der Waals surface area contributed by atoms with Gasteiger partial charge in [0.2, 0.25) is 0 Å². The summed E-state index contributed by atoms with van der Waals surface area (Å²) in [6.45, 7) is 8.01. The van der Waals surface area contributed by atoms with Crippen LogP contribution in [-0.4, -0.2) is 29.3 Å². The quantitative estimate of drug-likeness (QED) is 0.551. The van der Waals surface area contributed by atoms with Crippen molar-refractivity contribution < 1.29 is 13.3 Å². The van der Waals surface area contributed by atoms with E-state index in [0.29, 0.717) is 13.2 Å². The molecule has 0 rings (SSSR count). The SMILES string of the molecule is CCCO[Si](OCC)OCC. The lowest BCUT2D eigenvalue weighted by Gasteiger charge is -2.11. The van der Waals surface area contributed by atoms with Gasteiger partial charge in [-0.3, -0.25) is 0 Å². The van der Waals surface area contributed by atoms with Gasteiger partial charge in [0.15, 0.2) is 0 Å². The van der Waals surface area contributed by atoms with E-state index in [1.54, 1.807) is 0 Å². The second kappa shape index (κ2) is 8.20. The first-order valence-corrected chi connectivity index (χ1v) is 5.32.